The van der Waals surface area contributed by atoms with Crippen LogP contribution in [0, 0.1) is 0 Å². The van der Waals surface area contributed by atoms with Crippen LogP contribution < -0.4 is 0 Å². The largest absolute Gasteiger partial charge is 0.493 e. The normalized spacial score (nSPS) is 29.7. The maximum absolute atomic E-state index is 5.50. The van der Waals surface area contributed by atoms with E-state index in [-0.39, 0.29) is 13.2 Å². The van der Waals surface area contributed by atoms with E-state index in [0.717, 1.165) is 13.0 Å². The predicted octanol–water partition coefficient (Wildman–Crippen LogP) is 1.34. The quantitative estimate of drug-likeness (QED) is 0.525. The monoisotopic (exact) mass is 150 g/mol. The fourth-order valence-corrected chi connectivity index (χ4v) is 1.34. The Hall–Kier alpha value is -0.535. The Balaban J connectivity index is 2.01. The summed E-state index contributed by atoms with van der Waals surface area (Å²) in [5, 5.41) is 0. The minimum absolute atomic E-state index is 0.0938. The van der Waals surface area contributed by atoms with Gasteiger partial charge in [-0.15, -0.1) is 0 Å². The van der Waals surface area contributed by atoms with Gasteiger partial charge in [0.25, 0.3) is 0 Å². The molecule has 1 aliphatic heterocycles. The van der Waals surface area contributed by atoms with Crippen molar-refractivity contribution in [3.05, 3.63) is 23.7 Å². The van der Waals surface area contributed by atoms with E-state index in [1.54, 1.807) is 0 Å². The van der Waals surface area contributed by atoms with Crippen molar-refractivity contribution in [2.24, 2.45) is 0 Å². The fourth-order valence-electron chi connectivity index (χ4n) is 1.34. The molecule has 0 aromatic carbocycles. The molecule has 0 saturated carbocycles. The fraction of sp³-hybridized carbons (Fsp3) is 0.500. The third kappa shape index (κ3) is 1.39. The van der Waals surface area contributed by atoms with Crippen molar-refractivity contribution >= 4 is 7.12 Å². The van der Waals surface area contributed by atoms with Gasteiger partial charge in [-0.1, -0.05) is 18.2 Å². The molecule has 1 atom stereocenters. The van der Waals surface area contributed by atoms with Crippen molar-refractivity contribution in [2.75, 3.05) is 6.61 Å². The van der Waals surface area contributed by atoms with Crippen molar-refractivity contribution in [1.29, 1.82) is 0 Å². The smallest absolute Gasteiger partial charge is 0.405 e. The summed E-state index contributed by atoms with van der Waals surface area (Å²) in [4.78, 5) is 0. The Labute approximate surface area is 67.0 Å². The molecule has 3 heteroatoms. The van der Waals surface area contributed by atoms with Crippen molar-refractivity contribution in [3.63, 3.8) is 0 Å². The van der Waals surface area contributed by atoms with Crippen molar-refractivity contribution in [3.8, 4) is 0 Å². The van der Waals surface area contributed by atoms with Gasteiger partial charge in [0.1, 0.15) is 0 Å². The number of allylic oxidation sites excluding steroid dienone is 4. The summed E-state index contributed by atoms with van der Waals surface area (Å²) in [6.45, 7) is 2.75. The standard InChI is InChI=1S/C8H11BO2/c1-7-6-10-9(11-7)8-4-2-3-5-8/h2,4-5,7H,3,6H2,1H3. The molecule has 0 aromatic rings. The Morgan fingerprint density at radius 2 is 2.55 bits per heavy atom. The first-order chi connectivity index (χ1) is 5.36. The lowest BCUT2D eigenvalue weighted by Gasteiger charge is -2.02. The van der Waals surface area contributed by atoms with Crippen LogP contribution in [0.25, 0.3) is 0 Å². The summed E-state index contributed by atoms with van der Waals surface area (Å²) in [5.74, 6) is 0. The highest BCUT2D eigenvalue weighted by Crippen LogP contribution is 2.19. The zero-order chi connectivity index (χ0) is 7.68. The molecular weight excluding hydrogens is 139 g/mol. The summed E-state index contributed by atoms with van der Waals surface area (Å²) in [6, 6.07) is 0. The molecule has 11 heavy (non-hydrogen) atoms. The molecule has 2 nitrogen and oxygen atoms in total. The van der Waals surface area contributed by atoms with E-state index in [2.05, 4.69) is 18.2 Å². The van der Waals surface area contributed by atoms with Gasteiger partial charge in [-0.25, -0.2) is 0 Å². The van der Waals surface area contributed by atoms with Crippen LogP contribution in [0.1, 0.15) is 13.3 Å². The van der Waals surface area contributed by atoms with Crippen molar-refractivity contribution < 1.29 is 9.31 Å². The highest BCUT2D eigenvalue weighted by molar-refractivity contribution is 6.55. The van der Waals surface area contributed by atoms with Crippen LogP contribution in [0.15, 0.2) is 23.7 Å². The average molecular weight is 150 g/mol. The van der Waals surface area contributed by atoms with E-state index < -0.39 is 0 Å². The average Bonchev–Trinajstić information content (AvgIpc) is 2.55. The summed E-state index contributed by atoms with van der Waals surface area (Å²) >= 11 is 0. The van der Waals surface area contributed by atoms with Crippen molar-refractivity contribution in [1.82, 2.24) is 0 Å². The first-order valence-electron chi connectivity index (χ1n) is 4.00. The van der Waals surface area contributed by atoms with Crippen LogP contribution in [0.5, 0.6) is 0 Å². The van der Waals surface area contributed by atoms with Gasteiger partial charge >= 0.3 is 7.12 Å². The molecule has 0 amide bonds. The third-order valence-electron chi connectivity index (χ3n) is 1.91. The van der Waals surface area contributed by atoms with Gasteiger partial charge in [-0.2, -0.15) is 0 Å². The predicted molar refractivity (Wildman–Crippen MR) is 44.1 cm³/mol. The van der Waals surface area contributed by atoms with Gasteiger partial charge in [0.05, 0.1) is 12.7 Å². The molecule has 2 rings (SSSR count). The Bertz CT molecular complexity index is 210. The van der Waals surface area contributed by atoms with Gasteiger partial charge in [0.2, 0.25) is 0 Å². The van der Waals surface area contributed by atoms with E-state index in [1.165, 1.54) is 5.47 Å². The molecule has 1 unspecified atom stereocenters. The maximum Gasteiger partial charge on any atom is 0.493 e. The van der Waals surface area contributed by atoms with Gasteiger partial charge in [0, 0.05) is 0 Å². The highest BCUT2D eigenvalue weighted by Gasteiger charge is 2.31. The maximum atomic E-state index is 5.50. The lowest BCUT2D eigenvalue weighted by Crippen LogP contribution is -2.17. The molecule has 58 valence electrons. The summed E-state index contributed by atoms with van der Waals surface area (Å²) in [6.07, 6.45) is 7.60. The SMILES string of the molecule is CC1COB(C2=CCC=C2)O1. The molecular formula is C8H11BO2. The molecule has 2 aliphatic rings. The Morgan fingerprint density at radius 1 is 1.64 bits per heavy atom. The number of rotatable bonds is 1. The summed E-state index contributed by atoms with van der Waals surface area (Å²) in [7, 11) is -0.0938. The van der Waals surface area contributed by atoms with Gasteiger partial charge in [-0.05, 0) is 18.8 Å². The van der Waals surface area contributed by atoms with Crippen LogP contribution in [0.2, 0.25) is 0 Å². The van der Waals surface area contributed by atoms with E-state index in [9.17, 15) is 0 Å². The van der Waals surface area contributed by atoms with Gasteiger partial charge < -0.3 is 9.31 Å². The third-order valence-corrected chi connectivity index (χ3v) is 1.91. The van der Waals surface area contributed by atoms with Crippen LogP contribution >= 0.6 is 0 Å². The van der Waals surface area contributed by atoms with Gasteiger partial charge in [-0.3, -0.25) is 0 Å². The Morgan fingerprint density at radius 3 is 3.09 bits per heavy atom. The minimum atomic E-state index is -0.0938. The van der Waals surface area contributed by atoms with Gasteiger partial charge in [0.15, 0.2) is 0 Å². The van der Waals surface area contributed by atoms with Crippen LogP contribution in [-0.4, -0.2) is 19.8 Å². The van der Waals surface area contributed by atoms with Crippen LogP contribution in [0.3, 0.4) is 0 Å². The summed E-state index contributed by atoms with van der Waals surface area (Å²) in [5.41, 5.74) is 1.18. The Kier molecular flexibility index (Phi) is 1.84. The molecule has 0 bridgehead atoms. The van der Waals surface area contributed by atoms with Crippen LogP contribution in [-0.2, 0) is 9.31 Å². The van der Waals surface area contributed by atoms with E-state index in [4.69, 9.17) is 9.31 Å². The topological polar surface area (TPSA) is 18.5 Å². The van der Waals surface area contributed by atoms with E-state index in [0.29, 0.717) is 0 Å². The number of hydrogen-bond donors (Lipinski definition) is 0. The molecule has 1 saturated heterocycles. The first kappa shape index (κ1) is 7.13. The lowest BCUT2D eigenvalue weighted by atomic mass is 9.79. The zero-order valence-electron chi connectivity index (χ0n) is 6.62. The second-order valence-electron chi connectivity index (χ2n) is 2.95. The molecule has 0 aromatic heterocycles. The molecule has 1 aliphatic carbocycles. The highest BCUT2D eigenvalue weighted by atomic mass is 16.6. The molecule has 1 fully saturated rings. The second-order valence-corrected chi connectivity index (χ2v) is 2.95. The molecule has 1 heterocycles. The summed E-state index contributed by atoms with van der Waals surface area (Å²) < 4.78 is 10.9. The zero-order valence-corrected chi connectivity index (χ0v) is 6.62. The van der Waals surface area contributed by atoms with E-state index in [1.807, 2.05) is 6.92 Å². The number of hydrogen-bond acceptors (Lipinski definition) is 2. The molecule has 0 radical (unpaired) electrons. The first-order valence-corrected chi connectivity index (χ1v) is 4.00. The lowest BCUT2D eigenvalue weighted by molar-refractivity contribution is 0.257. The minimum Gasteiger partial charge on any atom is -0.405 e. The molecule has 0 spiro atoms. The molecule has 0 N–H and O–H groups in total. The second kappa shape index (κ2) is 2.84. The van der Waals surface area contributed by atoms with E-state index >= 15 is 0 Å². The van der Waals surface area contributed by atoms with Crippen molar-refractivity contribution in [2.45, 2.75) is 19.4 Å². The van der Waals surface area contributed by atoms with Crippen LogP contribution in [0.4, 0.5) is 0 Å².